The molecule has 0 amide bonds. The van der Waals surface area contributed by atoms with Gasteiger partial charge in [0, 0.05) is 5.57 Å². The Hall–Kier alpha value is -2.82. The molecule has 0 heterocycles. The van der Waals surface area contributed by atoms with Gasteiger partial charge in [-0.25, -0.2) is 0 Å². The summed E-state index contributed by atoms with van der Waals surface area (Å²) in [6.45, 7) is 8.36. The fourth-order valence-electron chi connectivity index (χ4n) is 3.91. The molecule has 0 unspecified atom stereocenters. The van der Waals surface area contributed by atoms with Crippen LogP contribution in [0.5, 0.6) is 5.75 Å². The van der Waals surface area contributed by atoms with Crippen molar-refractivity contribution in [2.45, 2.75) is 53.4 Å². The van der Waals surface area contributed by atoms with E-state index in [1.54, 1.807) is 6.08 Å². The molecule has 0 fully saturated rings. The quantitative estimate of drug-likeness (QED) is 0.402. The van der Waals surface area contributed by atoms with Gasteiger partial charge in [0.05, 0.1) is 19.1 Å². The zero-order chi connectivity index (χ0) is 22.3. The molecular formula is C25H32O5. The molecule has 5 nitrogen and oxygen atoms in total. The molecule has 1 aromatic rings. The van der Waals surface area contributed by atoms with E-state index in [0.717, 1.165) is 17.7 Å². The first kappa shape index (κ1) is 23.5. The molecule has 30 heavy (non-hydrogen) atoms. The Morgan fingerprint density at radius 2 is 1.73 bits per heavy atom. The average molecular weight is 413 g/mol. The minimum absolute atomic E-state index is 0.157. The van der Waals surface area contributed by atoms with Crippen molar-refractivity contribution in [3.8, 4) is 5.75 Å². The van der Waals surface area contributed by atoms with Crippen molar-refractivity contribution in [3.63, 3.8) is 0 Å². The summed E-state index contributed by atoms with van der Waals surface area (Å²) in [5, 5.41) is 10.8. The summed E-state index contributed by atoms with van der Waals surface area (Å²) < 4.78 is 11.1. The second-order valence-electron chi connectivity index (χ2n) is 7.32. The first-order chi connectivity index (χ1) is 14.4. The Kier molecular flexibility index (Phi) is 8.04. The molecule has 0 saturated heterocycles. The average Bonchev–Trinajstić information content (AvgIpc) is 2.77. The van der Waals surface area contributed by atoms with Crippen LogP contribution in [0.25, 0.3) is 6.08 Å². The minimum atomic E-state index is -0.927. The number of hydrogen-bond acceptors (Lipinski definition) is 5. The number of carbonyl (C=O) groups excluding carboxylic acids is 2. The van der Waals surface area contributed by atoms with Gasteiger partial charge in [0.2, 0.25) is 0 Å². The Morgan fingerprint density at radius 3 is 2.23 bits per heavy atom. The van der Waals surface area contributed by atoms with Crippen LogP contribution in [0.1, 0.15) is 58.9 Å². The van der Waals surface area contributed by atoms with E-state index in [1.165, 1.54) is 13.2 Å². The van der Waals surface area contributed by atoms with Crippen LogP contribution in [0.4, 0.5) is 0 Å². The number of aliphatic hydroxyl groups excluding tert-OH is 1. The van der Waals surface area contributed by atoms with Crippen LogP contribution < -0.4 is 4.74 Å². The van der Waals surface area contributed by atoms with Crippen LogP contribution in [0, 0.1) is 5.41 Å². The number of rotatable bonds is 10. The lowest BCUT2D eigenvalue weighted by atomic mass is 9.68. The van der Waals surface area contributed by atoms with Crippen molar-refractivity contribution in [1.82, 2.24) is 0 Å². The highest BCUT2D eigenvalue weighted by Crippen LogP contribution is 2.46. The summed E-state index contributed by atoms with van der Waals surface area (Å²) in [6.07, 6.45) is 5.35. The molecule has 1 aliphatic carbocycles. The Labute approximate surface area is 179 Å². The molecule has 0 radical (unpaired) electrons. The smallest absolute Gasteiger partial charge is 0.193 e. The lowest BCUT2D eigenvalue weighted by Crippen LogP contribution is -2.40. The lowest BCUT2D eigenvalue weighted by molar-refractivity contribution is -0.128. The molecule has 1 aromatic carbocycles. The Bertz CT molecular complexity index is 867. The third-order valence-electron chi connectivity index (χ3n) is 5.68. The van der Waals surface area contributed by atoms with E-state index in [-0.39, 0.29) is 17.1 Å². The predicted octanol–water partition coefficient (Wildman–Crippen LogP) is 5.57. The van der Waals surface area contributed by atoms with Crippen LogP contribution in [0.15, 0.2) is 53.0 Å². The van der Waals surface area contributed by atoms with E-state index >= 15 is 0 Å². The van der Waals surface area contributed by atoms with Crippen molar-refractivity contribution in [2.75, 3.05) is 13.7 Å². The third-order valence-corrected chi connectivity index (χ3v) is 5.68. The van der Waals surface area contributed by atoms with Crippen molar-refractivity contribution < 1.29 is 24.2 Å². The number of hydrogen-bond donors (Lipinski definition) is 1. The monoisotopic (exact) mass is 412 g/mol. The number of allylic oxidation sites excluding steroid dienone is 4. The van der Waals surface area contributed by atoms with E-state index in [1.807, 2.05) is 52.0 Å². The van der Waals surface area contributed by atoms with Crippen LogP contribution >= 0.6 is 0 Å². The molecular weight excluding hydrogens is 380 g/mol. The maximum Gasteiger partial charge on any atom is 0.193 e. The lowest BCUT2D eigenvalue weighted by Gasteiger charge is -2.37. The number of carbonyl (C=O) groups is 2. The third kappa shape index (κ3) is 4.35. The van der Waals surface area contributed by atoms with Crippen molar-refractivity contribution >= 4 is 17.6 Å². The van der Waals surface area contributed by atoms with Crippen LogP contribution in [-0.2, 0) is 14.3 Å². The molecule has 0 saturated carbocycles. The van der Waals surface area contributed by atoms with E-state index in [0.29, 0.717) is 37.2 Å². The number of ether oxygens (including phenoxy) is 2. The predicted molar refractivity (Wildman–Crippen MR) is 118 cm³/mol. The summed E-state index contributed by atoms with van der Waals surface area (Å²) in [4.78, 5) is 26.3. The largest absolute Gasteiger partial charge is 0.507 e. The number of aliphatic hydroxyl groups is 1. The Balaban J connectivity index is 2.38. The number of benzene rings is 1. The molecule has 0 bridgehead atoms. The van der Waals surface area contributed by atoms with Crippen molar-refractivity contribution in [2.24, 2.45) is 5.41 Å². The number of ketones is 2. The summed E-state index contributed by atoms with van der Waals surface area (Å²) in [7, 11) is 1.51. The summed E-state index contributed by atoms with van der Waals surface area (Å²) in [6, 6.07) is 7.36. The topological polar surface area (TPSA) is 72.8 Å². The fraction of sp³-hybridized carbons (Fsp3) is 0.440. The SMILES string of the molecule is CCCOc1ccc(/C=C/C(=O)C2=C(O)C(CC)=C(OC)C(CC)(CC)C2=O)cc1. The van der Waals surface area contributed by atoms with Gasteiger partial charge in [-0.05, 0) is 49.5 Å². The number of Topliss-reactive ketones (excluding diaryl/α,β-unsaturated/α-hetero) is 1. The highest BCUT2D eigenvalue weighted by molar-refractivity contribution is 6.28. The van der Waals surface area contributed by atoms with Gasteiger partial charge in [-0.15, -0.1) is 0 Å². The van der Waals surface area contributed by atoms with Gasteiger partial charge in [-0.3, -0.25) is 9.59 Å². The molecule has 1 aliphatic rings. The van der Waals surface area contributed by atoms with Crippen LogP contribution in [-0.4, -0.2) is 30.4 Å². The molecule has 0 atom stereocenters. The maximum atomic E-state index is 13.3. The molecule has 0 aliphatic heterocycles. The first-order valence-electron chi connectivity index (χ1n) is 10.6. The van der Waals surface area contributed by atoms with E-state index in [9.17, 15) is 14.7 Å². The first-order valence-corrected chi connectivity index (χ1v) is 10.6. The second-order valence-corrected chi connectivity index (χ2v) is 7.32. The van der Waals surface area contributed by atoms with Gasteiger partial charge in [-0.2, -0.15) is 0 Å². The van der Waals surface area contributed by atoms with Gasteiger partial charge in [0.25, 0.3) is 0 Å². The summed E-state index contributed by atoms with van der Waals surface area (Å²) in [5.41, 5.74) is 0.241. The second kappa shape index (κ2) is 10.3. The molecule has 1 N–H and O–H groups in total. The summed E-state index contributed by atoms with van der Waals surface area (Å²) in [5.74, 6) is 0.0902. The Morgan fingerprint density at radius 1 is 1.10 bits per heavy atom. The molecule has 2 rings (SSSR count). The summed E-state index contributed by atoms with van der Waals surface area (Å²) >= 11 is 0. The van der Waals surface area contributed by atoms with Gasteiger partial charge < -0.3 is 14.6 Å². The van der Waals surface area contributed by atoms with Gasteiger partial charge in [-0.1, -0.05) is 45.9 Å². The van der Waals surface area contributed by atoms with Gasteiger partial charge in [0.15, 0.2) is 11.6 Å². The maximum absolute atomic E-state index is 13.3. The van der Waals surface area contributed by atoms with Gasteiger partial charge >= 0.3 is 0 Å². The zero-order valence-corrected chi connectivity index (χ0v) is 18.6. The van der Waals surface area contributed by atoms with E-state index < -0.39 is 11.2 Å². The fourth-order valence-corrected chi connectivity index (χ4v) is 3.91. The number of methoxy groups -OCH3 is 1. The molecule has 162 valence electrons. The van der Waals surface area contributed by atoms with E-state index in [4.69, 9.17) is 9.47 Å². The van der Waals surface area contributed by atoms with Crippen molar-refractivity contribution in [1.29, 1.82) is 0 Å². The van der Waals surface area contributed by atoms with E-state index in [2.05, 4.69) is 0 Å². The molecule has 5 heteroatoms. The molecule has 0 spiro atoms. The minimum Gasteiger partial charge on any atom is -0.507 e. The molecule has 0 aromatic heterocycles. The normalized spacial score (nSPS) is 16.4. The van der Waals surface area contributed by atoms with Crippen LogP contribution in [0.3, 0.4) is 0 Å². The van der Waals surface area contributed by atoms with Crippen molar-refractivity contribution in [3.05, 3.63) is 58.6 Å². The van der Waals surface area contributed by atoms with Gasteiger partial charge in [0.1, 0.15) is 22.8 Å². The zero-order valence-electron chi connectivity index (χ0n) is 18.6. The highest BCUT2D eigenvalue weighted by Gasteiger charge is 2.49. The van der Waals surface area contributed by atoms with Crippen LogP contribution in [0.2, 0.25) is 0 Å². The highest BCUT2D eigenvalue weighted by atomic mass is 16.5. The standard InChI is InChI=1S/C25H32O5/c1-6-16-30-18-13-10-17(11-14-18)12-15-20(26)21-22(27)19(7-2)24(29-5)25(8-3,9-4)23(21)28/h10-15,27H,6-9,16H2,1-5H3/b15-12+.